The van der Waals surface area contributed by atoms with Gasteiger partial charge in [0.1, 0.15) is 39.7 Å². The van der Waals surface area contributed by atoms with Crippen molar-refractivity contribution < 1.29 is 33.3 Å². The molecule has 0 bridgehead atoms. The van der Waals surface area contributed by atoms with E-state index in [0.717, 1.165) is 34.8 Å². The Bertz CT molecular complexity index is 1930. The van der Waals surface area contributed by atoms with E-state index in [1.165, 1.54) is 28.8 Å². The van der Waals surface area contributed by atoms with Crippen LogP contribution in [-0.4, -0.2) is 54.3 Å². The molecule has 1 aliphatic carbocycles. The monoisotopic (exact) mass is 772 g/mol. The molecule has 7 nitrogen and oxygen atoms in total. The number of carbonyl (C=O) groups excluding carboxylic acids is 2. The SMILES string of the molecule is C=CC(=O)C(C)(C)OCCC(C)(C)Oc1ccc(C2(c3ccc(OC(C)(C)CCOC(C)(C)C(=O)C=C)cc3)CC(c3ccccc3)c3cc(OC)ccc32)cc1. The van der Waals surface area contributed by atoms with E-state index in [-0.39, 0.29) is 17.5 Å². The number of ketones is 2. The van der Waals surface area contributed by atoms with E-state index in [9.17, 15) is 9.59 Å². The Morgan fingerprint density at radius 3 is 1.51 bits per heavy atom. The van der Waals surface area contributed by atoms with E-state index in [2.05, 4.69) is 110 Å². The van der Waals surface area contributed by atoms with Crippen LogP contribution in [0, 0.1) is 0 Å². The molecule has 0 fully saturated rings. The molecule has 4 aromatic rings. The number of carbonyl (C=O) groups is 2. The van der Waals surface area contributed by atoms with E-state index in [1.54, 1.807) is 34.8 Å². The molecule has 0 saturated heterocycles. The van der Waals surface area contributed by atoms with Crippen molar-refractivity contribution in [2.24, 2.45) is 0 Å². The molecule has 0 spiro atoms. The summed E-state index contributed by atoms with van der Waals surface area (Å²) in [5.74, 6) is 2.14. The molecule has 5 rings (SSSR count). The van der Waals surface area contributed by atoms with E-state index >= 15 is 0 Å². The second kappa shape index (κ2) is 17.3. The summed E-state index contributed by atoms with van der Waals surface area (Å²) in [6, 6.07) is 34.1. The zero-order chi connectivity index (χ0) is 41.6. The lowest BCUT2D eigenvalue weighted by molar-refractivity contribution is -0.136. The third-order valence-corrected chi connectivity index (χ3v) is 11.2. The zero-order valence-corrected chi connectivity index (χ0v) is 35.3. The number of benzene rings is 4. The lowest BCUT2D eigenvalue weighted by Gasteiger charge is -2.34. The van der Waals surface area contributed by atoms with Crippen LogP contribution in [0.1, 0.15) is 108 Å². The molecule has 7 heteroatoms. The number of hydrogen-bond donors (Lipinski definition) is 0. The Kier molecular flexibility index (Phi) is 13.1. The van der Waals surface area contributed by atoms with Gasteiger partial charge in [-0.1, -0.05) is 73.8 Å². The van der Waals surface area contributed by atoms with Crippen LogP contribution in [0.3, 0.4) is 0 Å². The first-order chi connectivity index (χ1) is 26.9. The maximum atomic E-state index is 12.2. The van der Waals surface area contributed by atoms with Gasteiger partial charge in [-0.25, -0.2) is 0 Å². The third-order valence-electron chi connectivity index (χ3n) is 11.2. The molecule has 0 heterocycles. The Hall–Kier alpha value is -4.98. The quantitative estimate of drug-likeness (QED) is 0.0828. The largest absolute Gasteiger partial charge is 0.497 e. The van der Waals surface area contributed by atoms with Crippen LogP contribution in [0.2, 0.25) is 0 Å². The summed E-state index contributed by atoms with van der Waals surface area (Å²) in [5.41, 5.74) is 2.54. The van der Waals surface area contributed by atoms with Crippen LogP contribution < -0.4 is 14.2 Å². The van der Waals surface area contributed by atoms with Gasteiger partial charge < -0.3 is 23.7 Å². The van der Waals surface area contributed by atoms with Gasteiger partial charge >= 0.3 is 0 Å². The van der Waals surface area contributed by atoms with Crippen molar-refractivity contribution in [2.45, 2.75) is 108 Å². The maximum absolute atomic E-state index is 12.2. The Labute approximate surface area is 340 Å². The first-order valence-corrected chi connectivity index (χ1v) is 19.8. The normalized spacial score (nSPS) is 15.4. The highest BCUT2D eigenvalue weighted by Crippen LogP contribution is 2.56. The van der Waals surface area contributed by atoms with Crippen LogP contribution in [0.25, 0.3) is 0 Å². The fourth-order valence-corrected chi connectivity index (χ4v) is 7.66. The van der Waals surface area contributed by atoms with Crippen LogP contribution in [0.5, 0.6) is 17.2 Å². The van der Waals surface area contributed by atoms with Gasteiger partial charge in [-0.15, -0.1) is 0 Å². The fourth-order valence-electron chi connectivity index (χ4n) is 7.66. The van der Waals surface area contributed by atoms with Crippen LogP contribution in [-0.2, 0) is 24.5 Å². The van der Waals surface area contributed by atoms with E-state index in [1.807, 2.05) is 27.7 Å². The minimum atomic E-state index is -0.937. The molecule has 0 radical (unpaired) electrons. The first kappa shape index (κ1) is 43.1. The Morgan fingerprint density at radius 2 is 1.09 bits per heavy atom. The molecule has 4 aromatic carbocycles. The summed E-state index contributed by atoms with van der Waals surface area (Å²) in [5, 5.41) is 0. The molecule has 0 aliphatic heterocycles. The van der Waals surface area contributed by atoms with Gasteiger partial charge in [0.2, 0.25) is 0 Å². The summed E-state index contributed by atoms with van der Waals surface area (Å²) >= 11 is 0. The lowest BCUT2D eigenvalue weighted by Crippen LogP contribution is -2.37. The minimum Gasteiger partial charge on any atom is -0.497 e. The van der Waals surface area contributed by atoms with Gasteiger partial charge in [-0.2, -0.15) is 0 Å². The van der Waals surface area contributed by atoms with Gasteiger partial charge in [0.15, 0.2) is 11.6 Å². The minimum absolute atomic E-state index is 0.121. The van der Waals surface area contributed by atoms with Crippen molar-refractivity contribution in [3.8, 4) is 17.2 Å². The van der Waals surface area contributed by atoms with Crippen molar-refractivity contribution >= 4 is 11.6 Å². The number of fused-ring (bicyclic) bond motifs is 1. The molecule has 0 N–H and O–H groups in total. The number of hydrogen-bond acceptors (Lipinski definition) is 7. The summed E-state index contributed by atoms with van der Waals surface area (Å²) in [6.45, 7) is 23.1. The van der Waals surface area contributed by atoms with Crippen LogP contribution >= 0.6 is 0 Å². The van der Waals surface area contributed by atoms with E-state index in [0.29, 0.717) is 26.1 Å². The van der Waals surface area contributed by atoms with Crippen molar-refractivity contribution in [2.75, 3.05) is 20.3 Å². The molecule has 1 aliphatic rings. The van der Waals surface area contributed by atoms with Crippen LogP contribution in [0.4, 0.5) is 0 Å². The summed E-state index contributed by atoms with van der Waals surface area (Å²) in [6.07, 6.45) is 4.59. The van der Waals surface area contributed by atoms with Gasteiger partial charge in [0.05, 0.1) is 20.3 Å². The highest BCUT2D eigenvalue weighted by atomic mass is 16.5. The second-order valence-corrected chi connectivity index (χ2v) is 17.2. The second-order valence-electron chi connectivity index (χ2n) is 17.2. The molecule has 0 aromatic heterocycles. The predicted octanol–water partition coefficient (Wildman–Crippen LogP) is 10.8. The van der Waals surface area contributed by atoms with E-state index in [4.69, 9.17) is 23.7 Å². The van der Waals surface area contributed by atoms with Gasteiger partial charge in [0, 0.05) is 24.2 Å². The van der Waals surface area contributed by atoms with E-state index < -0.39 is 27.8 Å². The third kappa shape index (κ3) is 9.95. The smallest absolute Gasteiger partial charge is 0.186 e. The van der Waals surface area contributed by atoms with Crippen molar-refractivity contribution in [3.63, 3.8) is 0 Å². The standard InChI is InChI=1S/C50H60O7/c1-12-44(51)48(7,8)54-31-29-46(3,4)56-38-23-19-36(20-24-38)50(34-42(35-17-15-14-16-18-35)41-33-40(53-11)27-28-43(41)50)37-21-25-39(26-22-37)57-47(5,6)30-32-55-49(9,10)45(52)13-2/h12-28,33,42H,1-2,29-32,34H2,3-11H3. The fraction of sp³-hybridized carbons (Fsp3) is 0.400. The molecule has 1 unspecified atom stereocenters. The first-order valence-electron chi connectivity index (χ1n) is 19.8. The van der Waals surface area contributed by atoms with Gasteiger partial charge in [0.25, 0.3) is 0 Å². The van der Waals surface area contributed by atoms with Crippen molar-refractivity contribution in [1.82, 2.24) is 0 Å². The molecule has 1 atom stereocenters. The van der Waals surface area contributed by atoms with Crippen molar-refractivity contribution in [1.29, 1.82) is 0 Å². The average Bonchev–Trinajstić information content (AvgIpc) is 3.52. The average molecular weight is 773 g/mol. The molecule has 57 heavy (non-hydrogen) atoms. The predicted molar refractivity (Wildman–Crippen MR) is 228 cm³/mol. The molecule has 0 amide bonds. The highest BCUT2D eigenvalue weighted by molar-refractivity contribution is 5.96. The van der Waals surface area contributed by atoms with Gasteiger partial charge in [-0.05, 0) is 138 Å². The van der Waals surface area contributed by atoms with Crippen LogP contribution in [0.15, 0.2) is 122 Å². The Morgan fingerprint density at radius 1 is 0.649 bits per heavy atom. The molecular formula is C50H60O7. The van der Waals surface area contributed by atoms with Crippen molar-refractivity contribution in [3.05, 3.63) is 150 Å². The number of rotatable bonds is 20. The number of ether oxygens (including phenoxy) is 5. The number of methoxy groups -OCH3 is 1. The highest BCUT2D eigenvalue weighted by Gasteiger charge is 2.47. The maximum Gasteiger partial charge on any atom is 0.186 e. The Balaban J connectivity index is 1.46. The lowest BCUT2D eigenvalue weighted by atomic mass is 9.69. The molecule has 302 valence electrons. The summed E-state index contributed by atoms with van der Waals surface area (Å²) in [4.78, 5) is 24.4. The molecular weight excluding hydrogens is 713 g/mol. The summed E-state index contributed by atoms with van der Waals surface area (Å²) in [7, 11) is 1.71. The van der Waals surface area contributed by atoms with Gasteiger partial charge in [-0.3, -0.25) is 9.59 Å². The molecule has 0 saturated carbocycles. The summed E-state index contributed by atoms with van der Waals surface area (Å²) < 4.78 is 30.7. The topological polar surface area (TPSA) is 80.3 Å². The zero-order valence-electron chi connectivity index (χ0n) is 35.3.